The van der Waals surface area contributed by atoms with Crippen LogP contribution in [0.15, 0.2) is 36.5 Å². The number of benzene rings is 1. The molecule has 0 aliphatic carbocycles. The van der Waals surface area contributed by atoms with E-state index >= 15 is 0 Å². The monoisotopic (exact) mass is 290 g/mol. The van der Waals surface area contributed by atoms with Gasteiger partial charge in [-0.05, 0) is 36.8 Å². The van der Waals surface area contributed by atoms with Gasteiger partial charge in [0.2, 0.25) is 0 Å². The molecule has 0 aliphatic rings. The maximum Gasteiger partial charge on any atom is 0.337 e. The molecular weight excluding hydrogens is 280 g/mol. The van der Waals surface area contributed by atoms with Crippen LogP contribution in [0.4, 0.5) is 5.69 Å². The molecule has 0 fully saturated rings. The molecule has 0 radical (unpaired) electrons. The number of hydrogen-bond donors (Lipinski definition) is 2. The van der Waals surface area contributed by atoms with Crippen LogP contribution < -0.4 is 5.32 Å². The Morgan fingerprint density at radius 2 is 2.00 bits per heavy atom. The SMILES string of the molecule is Cc1ccc(NC(=O)c2ccc(C(=O)O)cn2)cc1Cl. The van der Waals surface area contributed by atoms with E-state index in [1.54, 1.807) is 18.2 Å². The number of rotatable bonds is 3. The van der Waals surface area contributed by atoms with E-state index in [1.165, 1.54) is 12.1 Å². The van der Waals surface area contributed by atoms with Gasteiger partial charge < -0.3 is 10.4 Å². The van der Waals surface area contributed by atoms with Crippen LogP contribution in [-0.4, -0.2) is 22.0 Å². The van der Waals surface area contributed by atoms with Crippen LogP contribution >= 0.6 is 11.6 Å². The third-order valence-corrected chi connectivity index (χ3v) is 3.08. The lowest BCUT2D eigenvalue weighted by molar-refractivity contribution is 0.0696. The van der Waals surface area contributed by atoms with Crippen molar-refractivity contribution in [1.29, 1.82) is 0 Å². The first kappa shape index (κ1) is 14.0. The summed E-state index contributed by atoms with van der Waals surface area (Å²) >= 11 is 5.97. The summed E-state index contributed by atoms with van der Waals surface area (Å²) in [5.74, 6) is -1.52. The molecule has 5 nitrogen and oxygen atoms in total. The molecule has 0 atom stereocenters. The van der Waals surface area contributed by atoms with Crippen molar-refractivity contribution in [3.63, 3.8) is 0 Å². The average molecular weight is 291 g/mol. The molecule has 0 saturated heterocycles. The summed E-state index contributed by atoms with van der Waals surface area (Å²) in [5.41, 5.74) is 1.62. The van der Waals surface area contributed by atoms with Gasteiger partial charge in [0.15, 0.2) is 0 Å². The van der Waals surface area contributed by atoms with Crippen LogP contribution in [0.25, 0.3) is 0 Å². The number of carboxylic acids is 1. The molecule has 1 aromatic heterocycles. The van der Waals surface area contributed by atoms with E-state index < -0.39 is 11.9 Å². The molecule has 0 saturated carbocycles. The summed E-state index contributed by atoms with van der Waals surface area (Å²) < 4.78 is 0. The number of amides is 1. The number of pyridine rings is 1. The molecule has 2 aromatic rings. The van der Waals surface area contributed by atoms with Crippen LogP contribution in [-0.2, 0) is 0 Å². The van der Waals surface area contributed by atoms with Crippen molar-refractivity contribution >= 4 is 29.2 Å². The van der Waals surface area contributed by atoms with Gasteiger partial charge in [-0.3, -0.25) is 9.78 Å². The van der Waals surface area contributed by atoms with Gasteiger partial charge in [0.25, 0.3) is 5.91 Å². The largest absolute Gasteiger partial charge is 0.478 e. The van der Waals surface area contributed by atoms with E-state index in [0.29, 0.717) is 10.7 Å². The topological polar surface area (TPSA) is 79.3 Å². The Balaban J connectivity index is 2.15. The van der Waals surface area contributed by atoms with Gasteiger partial charge in [0, 0.05) is 16.9 Å². The normalized spacial score (nSPS) is 10.1. The molecule has 6 heteroatoms. The van der Waals surface area contributed by atoms with E-state index in [1.807, 2.05) is 6.92 Å². The zero-order valence-corrected chi connectivity index (χ0v) is 11.3. The van der Waals surface area contributed by atoms with Crippen LogP contribution in [0.2, 0.25) is 5.02 Å². The number of halogens is 1. The third-order valence-electron chi connectivity index (χ3n) is 2.67. The number of nitrogens with zero attached hydrogens (tertiary/aromatic N) is 1. The molecule has 0 unspecified atom stereocenters. The zero-order valence-electron chi connectivity index (χ0n) is 10.6. The fourth-order valence-electron chi connectivity index (χ4n) is 1.52. The quantitative estimate of drug-likeness (QED) is 0.911. The van der Waals surface area contributed by atoms with Gasteiger partial charge in [0.1, 0.15) is 5.69 Å². The molecular formula is C14H11ClN2O3. The second-order valence-corrected chi connectivity index (χ2v) is 4.56. The summed E-state index contributed by atoms with van der Waals surface area (Å²) in [6.45, 7) is 1.86. The van der Waals surface area contributed by atoms with Crippen molar-refractivity contribution in [3.8, 4) is 0 Å². The third kappa shape index (κ3) is 3.13. The fraction of sp³-hybridized carbons (Fsp3) is 0.0714. The minimum atomic E-state index is -1.09. The first-order valence-corrected chi connectivity index (χ1v) is 6.12. The van der Waals surface area contributed by atoms with Crippen molar-refractivity contribution in [1.82, 2.24) is 4.98 Å². The molecule has 0 spiro atoms. The molecule has 102 valence electrons. The molecule has 1 heterocycles. The number of nitrogens with one attached hydrogen (secondary N) is 1. The smallest absolute Gasteiger partial charge is 0.337 e. The Labute approximate surface area is 120 Å². The second-order valence-electron chi connectivity index (χ2n) is 4.16. The number of aromatic carboxylic acids is 1. The van der Waals surface area contributed by atoms with Gasteiger partial charge >= 0.3 is 5.97 Å². The van der Waals surface area contributed by atoms with Crippen molar-refractivity contribution in [2.75, 3.05) is 5.32 Å². The first-order valence-electron chi connectivity index (χ1n) is 5.74. The van der Waals surface area contributed by atoms with Gasteiger partial charge in [0.05, 0.1) is 5.56 Å². The minimum Gasteiger partial charge on any atom is -0.478 e. The summed E-state index contributed by atoms with van der Waals surface area (Å²) in [7, 11) is 0. The number of carbonyl (C=O) groups excluding carboxylic acids is 1. The van der Waals surface area contributed by atoms with E-state index in [9.17, 15) is 9.59 Å². The second kappa shape index (κ2) is 5.71. The molecule has 1 amide bonds. The summed E-state index contributed by atoms with van der Waals surface area (Å²) in [6.07, 6.45) is 1.14. The average Bonchev–Trinajstić information content (AvgIpc) is 2.43. The van der Waals surface area contributed by atoms with Gasteiger partial charge in [-0.25, -0.2) is 4.79 Å². The summed E-state index contributed by atoms with van der Waals surface area (Å²) in [5, 5.41) is 11.9. The number of hydrogen-bond acceptors (Lipinski definition) is 3. The molecule has 20 heavy (non-hydrogen) atoms. The Bertz CT molecular complexity index is 669. The van der Waals surface area contributed by atoms with Gasteiger partial charge in [-0.1, -0.05) is 17.7 Å². The lowest BCUT2D eigenvalue weighted by atomic mass is 10.2. The molecule has 2 rings (SSSR count). The number of carbonyl (C=O) groups is 2. The Kier molecular flexibility index (Phi) is 4.00. The Hall–Kier alpha value is -2.40. The van der Waals surface area contributed by atoms with Crippen molar-refractivity contribution < 1.29 is 14.7 Å². The predicted octanol–water partition coefficient (Wildman–Crippen LogP) is 2.99. The minimum absolute atomic E-state index is 0.0277. The van der Waals surface area contributed by atoms with Crippen LogP contribution in [0.5, 0.6) is 0 Å². The van der Waals surface area contributed by atoms with Crippen LogP contribution in [0, 0.1) is 6.92 Å². The highest BCUT2D eigenvalue weighted by molar-refractivity contribution is 6.31. The van der Waals surface area contributed by atoms with Crippen molar-refractivity contribution in [3.05, 3.63) is 58.4 Å². The molecule has 1 aromatic carbocycles. The van der Waals surface area contributed by atoms with Crippen LogP contribution in [0.3, 0.4) is 0 Å². The highest BCUT2D eigenvalue weighted by Gasteiger charge is 2.10. The maximum absolute atomic E-state index is 11.9. The maximum atomic E-state index is 11.9. The molecule has 0 aliphatic heterocycles. The number of aromatic nitrogens is 1. The zero-order chi connectivity index (χ0) is 14.7. The lowest BCUT2D eigenvalue weighted by Gasteiger charge is -2.06. The van der Waals surface area contributed by atoms with E-state index in [0.717, 1.165) is 11.8 Å². The van der Waals surface area contributed by atoms with Crippen LogP contribution in [0.1, 0.15) is 26.4 Å². The van der Waals surface area contributed by atoms with Gasteiger partial charge in [-0.2, -0.15) is 0 Å². The van der Waals surface area contributed by atoms with Gasteiger partial charge in [-0.15, -0.1) is 0 Å². The number of anilines is 1. The lowest BCUT2D eigenvalue weighted by Crippen LogP contribution is -2.14. The highest BCUT2D eigenvalue weighted by atomic mass is 35.5. The van der Waals surface area contributed by atoms with Crippen molar-refractivity contribution in [2.24, 2.45) is 0 Å². The Morgan fingerprint density at radius 1 is 1.25 bits per heavy atom. The molecule has 2 N–H and O–H groups in total. The van der Waals surface area contributed by atoms with E-state index in [-0.39, 0.29) is 11.3 Å². The standard InChI is InChI=1S/C14H11ClN2O3/c1-8-2-4-10(6-11(8)15)17-13(18)12-5-3-9(7-16-12)14(19)20/h2-7H,1H3,(H,17,18)(H,19,20). The number of aryl methyl sites for hydroxylation is 1. The Morgan fingerprint density at radius 3 is 2.55 bits per heavy atom. The van der Waals surface area contributed by atoms with E-state index in [2.05, 4.69) is 10.3 Å². The predicted molar refractivity (Wildman–Crippen MR) is 75.3 cm³/mol. The molecule has 0 bridgehead atoms. The first-order chi connectivity index (χ1) is 9.47. The summed E-state index contributed by atoms with van der Waals surface area (Å²) in [6, 6.07) is 7.84. The number of carboxylic acid groups (broad SMARTS) is 1. The van der Waals surface area contributed by atoms with Crippen molar-refractivity contribution in [2.45, 2.75) is 6.92 Å². The highest BCUT2D eigenvalue weighted by Crippen LogP contribution is 2.20. The van der Waals surface area contributed by atoms with E-state index in [4.69, 9.17) is 16.7 Å². The fourth-order valence-corrected chi connectivity index (χ4v) is 1.70. The summed E-state index contributed by atoms with van der Waals surface area (Å²) in [4.78, 5) is 26.4.